The standard InChI is InChI=1S/C21H25N3O3S2/c1-6-15-8-7-9-18-19(15)23(4)21(28-18)22-20(25)16-10-12-17(13-11-16)29(26,27)24(5)14(2)3/h7-14H,6H2,1-5H3. The molecule has 0 atom stereocenters. The summed E-state index contributed by atoms with van der Waals surface area (Å²) in [6.45, 7) is 5.72. The Morgan fingerprint density at radius 2 is 1.83 bits per heavy atom. The van der Waals surface area contributed by atoms with E-state index >= 15 is 0 Å². The van der Waals surface area contributed by atoms with Gasteiger partial charge in [0.25, 0.3) is 5.91 Å². The zero-order chi connectivity index (χ0) is 21.3. The van der Waals surface area contributed by atoms with Crippen molar-refractivity contribution in [3.05, 3.63) is 58.4 Å². The number of aryl methyl sites for hydroxylation is 2. The van der Waals surface area contributed by atoms with Gasteiger partial charge in [-0.15, -0.1) is 0 Å². The molecule has 154 valence electrons. The molecule has 8 heteroatoms. The van der Waals surface area contributed by atoms with Gasteiger partial charge in [0.15, 0.2) is 4.80 Å². The second-order valence-corrected chi connectivity index (χ2v) is 10.1. The monoisotopic (exact) mass is 431 g/mol. The number of thiazole rings is 1. The average Bonchev–Trinajstić information content (AvgIpc) is 3.02. The highest BCUT2D eigenvalue weighted by Crippen LogP contribution is 2.21. The molecule has 3 rings (SSSR count). The van der Waals surface area contributed by atoms with Gasteiger partial charge >= 0.3 is 0 Å². The van der Waals surface area contributed by atoms with Crippen LogP contribution in [0.3, 0.4) is 0 Å². The normalized spacial score (nSPS) is 13.0. The van der Waals surface area contributed by atoms with Crippen LogP contribution in [-0.2, 0) is 23.5 Å². The number of aromatic nitrogens is 1. The summed E-state index contributed by atoms with van der Waals surface area (Å²) in [6, 6.07) is 11.9. The topological polar surface area (TPSA) is 71.7 Å². The predicted octanol–water partition coefficient (Wildman–Crippen LogP) is 3.57. The molecule has 0 aliphatic rings. The minimum Gasteiger partial charge on any atom is -0.319 e. The van der Waals surface area contributed by atoms with Crippen molar-refractivity contribution in [3.8, 4) is 0 Å². The van der Waals surface area contributed by atoms with Gasteiger partial charge < -0.3 is 4.57 Å². The Morgan fingerprint density at radius 3 is 2.41 bits per heavy atom. The highest BCUT2D eigenvalue weighted by atomic mass is 32.2. The van der Waals surface area contributed by atoms with Crippen molar-refractivity contribution in [2.24, 2.45) is 12.0 Å². The number of carbonyl (C=O) groups excluding carboxylic acids is 1. The molecule has 3 aromatic rings. The van der Waals surface area contributed by atoms with Crippen LogP contribution in [0.4, 0.5) is 0 Å². The van der Waals surface area contributed by atoms with Crippen molar-refractivity contribution in [2.45, 2.75) is 38.1 Å². The molecule has 1 heterocycles. The van der Waals surface area contributed by atoms with Crippen LogP contribution in [-0.4, -0.2) is 36.3 Å². The lowest BCUT2D eigenvalue weighted by molar-refractivity contribution is 0.0998. The second kappa shape index (κ2) is 8.22. The Morgan fingerprint density at radius 1 is 1.17 bits per heavy atom. The number of hydrogen-bond donors (Lipinski definition) is 0. The van der Waals surface area contributed by atoms with Crippen molar-refractivity contribution in [2.75, 3.05) is 7.05 Å². The number of carbonyl (C=O) groups is 1. The van der Waals surface area contributed by atoms with E-state index in [1.807, 2.05) is 37.6 Å². The van der Waals surface area contributed by atoms with E-state index in [-0.39, 0.29) is 10.9 Å². The number of fused-ring (bicyclic) bond motifs is 1. The molecule has 0 aliphatic carbocycles. The second-order valence-electron chi connectivity index (χ2n) is 7.12. The maximum absolute atomic E-state index is 12.7. The zero-order valence-electron chi connectivity index (χ0n) is 17.2. The molecular weight excluding hydrogens is 406 g/mol. The third kappa shape index (κ3) is 4.05. The predicted molar refractivity (Wildman–Crippen MR) is 117 cm³/mol. The summed E-state index contributed by atoms with van der Waals surface area (Å²) < 4.78 is 29.5. The highest BCUT2D eigenvalue weighted by Gasteiger charge is 2.23. The summed E-state index contributed by atoms with van der Waals surface area (Å²) in [6.07, 6.45) is 0.899. The van der Waals surface area contributed by atoms with E-state index in [9.17, 15) is 13.2 Å². The highest BCUT2D eigenvalue weighted by molar-refractivity contribution is 7.89. The van der Waals surface area contributed by atoms with Crippen molar-refractivity contribution in [1.82, 2.24) is 8.87 Å². The van der Waals surface area contributed by atoms with Gasteiger partial charge in [0.05, 0.1) is 15.1 Å². The van der Waals surface area contributed by atoms with Crippen LogP contribution in [0.1, 0.15) is 36.7 Å². The fraction of sp³-hybridized carbons (Fsp3) is 0.333. The van der Waals surface area contributed by atoms with Crippen LogP contribution < -0.4 is 4.80 Å². The lowest BCUT2D eigenvalue weighted by Gasteiger charge is -2.20. The molecule has 0 aliphatic heterocycles. The maximum Gasteiger partial charge on any atom is 0.279 e. The number of nitrogens with zero attached hydrogens (tertiary/aromatic N) is 3. The largest absolute Gasteiger partial charge is 0.319 e. The first-order valence-corrected chi connectivity index (χ1v) is 11.7. The fourth-order valence-electron chi connectivity index (χ4n) is 3.04. The molecule has 0 radical (unpaired) electrons. The average molecular weight is 432 g/mol. The Bertz CT molecular complexity index is 1220. The summed E-state index contributed by atoms with van der Waals surface area (Å²) in [4.78, 5) is 17.7. The van der Waals surface area contributed by atoms with E-state index in [0.717, 1.165) is 16.6 Å². The quantitative estimate of drug-likeness (QED) is 0.620. The summed E-state index contributed by atoms with van der Waals surface area (Å²) >= 11 is 1.46. The molecule has 0 bridgehead atoms. The van der Waals surface area contributed by atoms with Crippen molar-refractivity contribution in [1.29, 1.82) is 0 Å². The maximum atomic E-state index is 12.7. The lowest BCUT2D eigenvalue weighted by atomic mass is 10.1. The molecule has 1 aromatic heterocycles. The van der Waals surface area contributed by atoms with E-state index in [1.165, 1.54) is 45.5 Å². The summed E-state index contributed by atoms with van der Waals surface area (Å²) in [5, 5.41) is 0. The molecule has 1 amide bonds. The van der Waals surface area contributed by atoms with Gasteiger partial charge in [0.1, 0.15) is 0 Å². The van der Waals surface area contributed by atoms with E-state index in [4.69, 9.17) is 0 Å². The van der Waals surface area contributed by atoms with Gasteiger partial charge in [0.2, 0.25) is 10.0 Å². The van der Waals surface area contributed by atoms with Crippen LogP contribution in [0.2, 0.25) is 0 Å². The smallest absolute Gasteiger partial charge is 0.279 e. The Labute approximate surface area is 175 Å². The molecule has 0 N–H and O–H groups in total. The van der Waals surface area contributed by atoms with Gasteiger partial charge in [0, 0.05) is 25.7 Å². The summed E-state index contributed by atoms with van der Waals surface area (Å²) in [5.41, 5.74) is 2.65. The molecule has 2 aromatic carbocycles. The molecule has 0 fully saturated rings. The first-order valence-electron chi connectivity index (χ1n) is 9.41. The Kier molecular flexibility index (Phi) is 6.07. The van der Waals surface area contributed by atoms with E-state index in [2.05, 4.69) is 18.0 Å². The van der Waals surface area contributed by atoms with E-state index < -0.39 is 15.9 Å². The summed E-state index contributed by atoms with van der Waals surface area (Å²) in [7, 11) is -0.136. The number of rotatable bonds is 5. The molecular formula is C21H25N3O3S2. The third-order valence-corrected chi connectivity index (χ3v) is 8.13. The molecule has 29 heavy (non-hydrogen) atoms. The van der Waals surface area contributed by atoms with Crippen LogP contribution in [0.15, 0.2) is 52.4 Å². The molecule has 0 saturated carbocycles. The number of para-hydroxylation sites is 1. The third-order valence-electron chi connectivity index (χ3n) is 4.99. The number of sulfonamides is 1. The number of amides is 1. The van der Waals surface area contributed by atoms with Gasteiger partial charge in [-0.25, -0.2) is 8.42 Å². The van der Waals surface area contributed by atoms with Gasteiger partial charge in [-0.2, -0.15) is 9.30 Å². The van der Waals surface area contributed by atoms with Crippen molar-refractivity contribution in [3.63, 3.8) is 0 Å². The van der Waals surface area contributed by atoms with Crippen LogP contribution >= 0.6 is 11.3 Å². The minimum atomic E-state index is -3.58. The van der Waals surface area contributed by atoms with Crippen molar-refractivity contribution >= 4 is 37.5 Å². The van der Waals surface area contributed by atoms with Crippen LogP contribution in [0.25, 0.3) is 10.2 Å². The summed E-state index contributed by atoms with van der Waals surface area (Å²) in [5.74, 6) is -0.397. The Hall–Kier alpha value is -2.29. The van der Waals surface area contributed by atoms with E-state index in [0.29, 0.717) is 10.4 Å². The van der Waals surface area contributed by atoms with E-state index in [1.54, 1.807) is 7.05 Å². The first-order chi connectivity index (χ1) is 13.7. The van der Waals surface area contributed by atoms with Crippen LogP contribution in [0, 0.1) is 0 Å². The van der Waals surface area contributed by atoms with Crippen molar-refractivity contribution < 1.29 is 13.2 Å². The van der Waals surface area contributed by atoms with Crippen LogP contribution in [0.5, 0.6) is 0 Å². The van der Waals surface area contributed by atoms with Gasteiger partial charge in [-0.3, -0.25) is 4.79 Å². The number of benzene rings is 2. The molecule has 0 unspecified atom stereocenters. The first kappa shape index (κ1) is 21.4. The van der Waals surface area contributed by atoms with Gasteiger partial charge in [-0.05, 0) is 56.2 Å². The Balaban J connectivity index is 1.96. The van der Waals surface area contributed by atoms with Gasteiger partial charge in [-0.1, -0.05) is 30.4 Å². The number of hydrogen-bond acceptors (Lipinski definition) is 4. The zero-order valence-corrected chi connectivity index (χ0v) is 18.8. The minimum absolute atomic E-state index is 0.155. The fourth-order valence-corrected chi connectivity index (χ4v) is 5.47. The molecule has 0 spiro atoms. The lowest BCUT2D eigenvalue weighted by Crippen LogP contribution is -2.33. The molecule has 0 saturated heterocycles. The SMILES string of the molecule is CCc1cccc2sc(=NC(=O)c3ccc(S(=O)(=O)N(C)C(C)C)cc3)n(C)c12. The molecule has 6 nitrogen and oxygen atoms in total.